The second-order valence-electron chi connectivity index (χ2n) is 9.98. The number of imide groups is 2. The van der Waals surface area contributed by atoms with E-state index < -0.39 is 12.1 Å². The van der Waals surface area contributed by atoms with E-state index in [1.807, 2.05) is 0 Å². The molecule has 2 N–H and O–H groups in total. The van der Waals surface area contributed by atoms with Crippen molar-refractivity contribution in [1.29, 1.82) is 0 Å². The SMILES string of the molecule is O=C1CC(NCCN2CCOCC2)C(=O)N1c1ccc(N2C(=O)CC(NCCN3CCOCC3)C2=O)cc1. The van der Waals surface area contributed by atoms with E-state index in [9.17, 15) is 19.2 Å². The maximum Gasteiger partial charge on any atom is 0.251 e. The number of carbonyl (C=O) groups excluding carboxylic acids is 4. The first-order valence-electron chi connectivity index (χ1n) is 13.4. The van der Waals surface area contributed by atoms with Crippen LogP contribution in [0.2, 0.25) is 0 Å². The minimum absolute atomic E-state index is 0.102. The Balaban J connectivity index is 1.13. The molecule has 5 rings (SSSR count). The molecule has 0 aromatic heterocycles. The number of carbonyl (C=O) groups is 4. The third kappa shape index (κ3) is 6.11. The number of amides is 4. The lowest BCUT2D eigenvalue weighted by atomic mass is 10.2. The van der Waals surface area contributed by atoms with Crippen LogP contribution in [0.3, 0.4) is 0 Å². The van der Waals surface area contributed by atoms with Crippen molar-refractivity contribution in [2.75, 3.05) is 88.6 Å². The molecule has 0 bridgehead atoms. The molecule has 4 aliphatic rings. The number of nitrogens with one attached hydrogen (secondary N) is 2. The lowest BCUT2D eigenvalue weighted by molar-refractivity contribution is -0.123. The lowest BCUT2D eigenvalue weighted by Crippen LogP contribution is -2.44. The van der Waals surface area contributed by atoms with Gasteiger partial charge in [0.25, 0.3) is 11.8 Å². The fourth-order valence-electron chi connectivity index (χ4n) is 5.32. The molecule has 4 heterocycles. The number of ether oxygens (including phenoxy) is 2. The van der Waals surface area contributed by atoms with Crippen LogP contribution in [0.1, 0.15) is 12.8 Å². The summed E-state index contributed by atoms with van der Waals surface area (Å²) >= 11 is 0. The van der Waals surface area contributed by atoms with Gasteiger partial charge in [0.1, 0.15) is 0 Å². The summed E-state index contributed by atoms with van der Waals surface area (Å²) in [5.41, 5.74) is 0.862. The molecule has 1 aromatic carbocycles. The molecule has 0 aliphatic carbocycles. The number of rotatable bonds is 10. The Bertz CT molecular complexity index is 943. The number of hydrogen-bond acceptors (Lipinski definition) is 10. The van der Waals surface area contributed by atoms with Crippen LogP contribution in [0.4, 0.5) is 11.4 Å². The summed E-state index contributed by atoms with van der Waals surface area (Å²) in [4.78, 5) is 58.2. The maximum atomic E-state index is 13.0. The highest BCUT2D eigenvalue weighted by Crippen LogP contribution is 2.28. The molecule has 1 aromatic rings. The summed E-state index contributed by atoms with van der Waals surface area (Å²) in [6.07, 6.45) is 0.204. The summed E-state index contributed by atoms with van der Waals surface area (Å²) in [6, 6.07) is 5.33. The average molecular weight is 529 g/mol. The van der Waals surface area contributed by atoms with Gasteiger partial charge in [0.2, 0.25) is 11.8 Å². The second kappa shape index (κ2) is 12.4. The lowest BCUT2D eigenvalue weighted by Gasteiger charge is -2.27. The van der Waals surface area contributed by atoms with Crippen LogP contribution in [-0.2, 0) is 28.7 Å². The zero-order valence-electron chi connectivity index (χ0n) is 21.6. The first kappa shape index (κ1) is 26.9. The van der Waals surface area contributed by atoms with Crippen LogP contribution < -0.4 is 20.4 Å². The van der Waals surface area contributed by atoms with Gasteiger partial charge >= 0.3 is 0 Å². The Kier molecular flexibility index (Phi) is 8.77. The molecule has 0 saturated carbocycles. The zero-order chi connectivity index (χ0) is 26.5. The quantitative estimate of drug-likeness (QED) is 0.358. The number of anilines is 2. The van der Waals surface area contributed by atoms with Crippen molar-refractivity contribution in [3.05, 3.63) is 24.3 Å². The molecule has 4 saturated heterocycles. The van der Waals surface area contributed by atoms with Gasteiger partial charge in [0, 0.05) is 52.4 Å². The maximum absolute atomic E-state index is 13.0. The molecule has 0 radical (unpaired) electrons. The van der Waals surface area contributed by atoms with Crippen LogP contribution in [0.15, 0.2) is 24.3 Å². The Labute approximate surface area is 222 Å². The van der Waals surface area contributed by atoms with E-state index in [0.29, 0.717) is 50.9 Å². The molecule has 0 spiro atoms. The third-order valence-electron chi connectivity index (χ3n) is 7.50. The van der Waals surface area contributed by atoms with Crippen molar-refractivity contribution in [1.82, 2.24) is 20.4 Å². The predicted octanol–water partition coefficient (Wildman–Crippen LogP) is -1.21. The Morgan fingerprint density at radius 3 is 1.37 bits per heavy atom. The van der Waals surface area contributed by atoms with Gasteiger partial charge < -0.3 is 20.1 Å². The number of morpholine rings is 2. The highest BCUT2D eigenvalue weighted by atomic mass is 16.5. The molecule has 4 amide bonds. The van der Waals surface area contributed by atoms with Gasteiger partial charge in [-0.3, -0.25) is 29.0 Å². The fourth-order valence-corrected chi connectivity index (χ4v) is 5.32. The van der Waals surface area contributed by atoms with E-state index in [2.05, 4.69) is 20.4 Å². The fraction of sp³-hybridized carbons (Fsp3) is 0.615. The minimum Gasteiger partial charge on any atom is -0.379 e. The second-order valence-corrected chi connectivity index (χ2v) is 9.98. The van der Waals surface area contributed by atoms with E-state index >= 15 is 0 Å². The Morgan fingerprint density at radius 2 is 1.00 bits per heavy atom. The van der Waals surface area contributed by atoms with E-state index in [1.165, 1.54) is 9.80 Å². The molecule has 38 heavy (non-hydrogen) atoms. The van der Waals surface area contributed by atoms with Gasteiger partial charge in [0.15, 0.2) is 0 Å². The monoisotopic (exact) mass is 528 g/mol. The standard InChI is InChI=1S/C26H36N6O6/c33-23-17-21(27-5-7-29-9-13-37-14-10-29)25(35)31(23)19-1-2-20(4-3-19)32-24(34)18-22(26(32)36)28-6-8-30-11-15-38-16-12-30/h1-4,21-22,27-28H,5-18H2. The molecule has 4 fully saturated rings. The molecular weight excluding hydrogens is 492 g/mol. The van der Waals surface area contributed by atoms with Crippen LogP contribution in [0.5, 0.6) is 0 Å². The molecular formula is C26H36N6O6. The summed E-state index contributed by atoms with van der Waals surface area (Å²) in [7, 11) is 0. The topological polar surface area (TPSA) is 124 Å². The summed E-state index contributed by atoms with van der Waals surface area (Å²) in [6.45, 7) is 9.11. The summed E-state index contributed by atoms with van der Waals surface area (Å²) in [5.74, 6) is -1.13. The van der Waals surface area contributed by atoms with Crippen LogP contribution >= 0.6 is 0 Å². The van der Waals surface area contributed by atoms with Crippen molar-refractivity contribution < 1.29 is 28.7 Å². The Hall–Kier alpha value is -2.74. The molecule has 2 unspecified atom stereocenters. The van der Waals surface area contributed by atoms with Gasteiger partial charge in [0.05, 0.1) is 62.7 Å². The number of nitrogens with zero attached hydrogens (tertiary/aromatic N) is 4. The molecule has 12 heteroatoms. The predicted molar refractivity (Wildman–Crippen MR) is 139 cm³/mol. The largest absolute Gasteiger partial charge is 0.379 e. The van der Waals surface area contributed by atoms with E-state index in [4.69, 9.17) is 9.47 Å². The smallest absolute Gasteiger partial charge is 0.251 e. The molecule has 2 atom stereocenters. The van der Waals surface area contributed by atoms with Gasteiger partial charge in [-0.2, -0.15) is 0 Å². The van der Waals surface area contributed by atoms with Crippen molar-refractivity contribution in [3.63, 3.8) is 0 Å². The normalized spacial score (nSPS) is 25.7. The highest BCUT2D eigenvalue weighted by Gasteiger charge is 2.41. The number of hydrogen-bond donors (Lipinski definition) is 2. The van der Waals surface area contributed by atoms with Gasteiger partial charge in [-0.25, -0.2) is 9.80 Å². The van der Waals surface area contributed by atoms with Crippen molar-refractivity contribution in [2.45, 2.75) is 24.9 Å². The highest BCUT2D eigenvalue weighted by molar-refractivity contribution is 6.24. The van der Waals surface area contributed by atoms with Crippen molar-refractivity contribution in [3.8, 4) is 0 Å². The molecule has 12 nitrogen and oxygen atoms in total. The number of benzene rings is 1. The van der Waals surface area contributed by atoms with Crippen molar-refractivity contribution in [2.24, 2.45) is 0 Å². The average Bonchev–Trinajstić information content (AvgIpc) is 3.38. The van der Waals surface area contributed by atoms with E-state index in [1.54, 1.807) is 24.3 Å². The first-order chi connectivity index (χ1) is 18.5. The van der Waals surface area contributed by atoms with E-state index in [-0.39, 0.29) is 36.5 Å². The first-order valence-corrected chi connectivity index (χ1v) is 13.4. The summed E-state index contributed by atoms with van der Waals surface area (Å²) in [5, 5.41) is 6.42. The van der Waals surface area contributed by atoms with Crippen LogP contribution in [0, 0.1) is 0 Å². The third-order valence-corrected chi connectivity index (χ3v) is 7.50. The zero-order valence-corrected chi connectivity index (χ0v) is 21.6. The summed E-state index contributed by atoms with van der Waals surface area (Å²) < 4.78 is 10.7. The molecule has 4 aliphatic heterocycles. The molecule has 206 valence electrons. The van der Waals surface area contributed by atoms with E-state index in [0.717, 1.165) is 39.3 Å². The van der Waals surface area contributed by atoms with Gasteiger partial charge in [-0.05, 0) is 24.3 Å². The minimum atomic E-state index is -0.561. The van der Waals surface area contributed by atoms with Gasteiger partial charge in [-0.1, -0.05) is 0 Å². The van der Waals surface area contributed by atoms with Crippen LogP contribution in [-0.4, -0.2) is 124 Å². The van der Waals surface area contributed by atoms with Crippen molar-refractivity contribution >= 4 is 35.0 Å². The van der Waals surface area contributed by atoms with Crippen LogP contribution in [0.25, 0.3) is 0 Å². The Morgan fingerprint density at radius 1 is 0.632 bits per heavy atom. The van der Waals surface area contributed by atoms with Gasteiger partial charge in [-0.15, -0.1) is 0 Å².